The summed E-state index contributed by atoms with van der Waals surface area (Å²) in [4.78, 5) is 25.5. The molecule has 1 heterocycles. The van der Waals surface area contributed by atoms with Gasteiger partial charge in [-0.15, -0.1) is 0 Å². The molecule has 0 spiro atoms. The lowest BCUT2D eigenvalue weighted by molar-refractivity contribution is -0.386. The lowest BCUT2D eigenvalue weighted by atomic mass is 9.91. The van der Waals surface area contributed by atoms with E-state index in [2.05, 4.69) is 4.98 Å². The Morgan fingerprint density at radius 2 is 1.94 bits per heavy atom. The largest absolute Gasteiger partial charge is 0.400 e. The molecule has 0 aliphatic rings. The molecule has 0 aliphatic carbocycles. The van der Waals surface area contributed by atoms with E-state index in [0.717, 1.165) is 13.8 Å². The summed E-state index contributed by atoms with van der Waals surface area (Å²) in [7, 11) is 0. The minimum absolute atomic E-state index is 0.516. The third-order valence-corrected chi connectivity index (χ3v) is 2.28. The summed E-state index contributed by atoms with van der Waals surface area (Å²) in [6, 6.07) is 0. The smallest absolute Gasteiger partial charge is 0.304 e. The van der Waals surface area contributed by atoms with Crippen LogP contribution in [0.2, 0.25) is 0 Å². The predicted octanol–water partition coefficient (Wildman–Crippen LogP) is 1.52. The highest BCUT2D eigenvalue weighted by Gasteiger charge is 2.50. The third kappa shape index (κ3) is 2.27. The number of H-pyrrole nitrogens is 1. The van der Waals surface area contributed by atoms with Gasteiger partial charge in [0, 0.05) is 0 Å². The Balaban J connectivity index is 3.33. The minimum atomic E-state index is -4.63. The molecule has 94 valence electrons. The number of nitrogens with zero attached hydrogens (tertiary/aromatic N) is 2. The van der Waals surface area contributed by atoms with E-state index in [1.807, 2.05) is 0 Å². The number of hydrogen-bond acceptors (Lipinski definition) is 4. The van der Waals surface area contributed by atoms with Crippen LogP contribution in [0.15, 0.2) is 11.0 Å². The van der Waals surface area contributed by atoms with Crippen molar-refractivity contribution < 1.29 is 18.1 Å². The van der Waals surface area contributed by atoms with Gasteiger partial charge in [-0.2, -0.15) is 13.2 Å². The molecule has 1 rings (SSSR count). The minimum Gasteiger partial charge on any atom is -0.304 e. The maximum atomic E-state index is 12.6. The van der Waals surface area contributed by atoms with Gasteiger partial charge in [-0.05, 0) is 13.8 Å². The summed E-state index contributed by atoms with van der Waals surface area (Å²) in [5.74, 6) is -0.666. The summed E-state index contributed by atoms with van der Waals surface area (Å²) >= 11 is 0. The normalized spacial score (nSPS) is 12.5. The van der Waals surface area contributed by atoms with Crippen molar-refractivity contribution in [2.45, 2.75) is 25.4 Å². The van der Waals surface area contributed by atoms with Gasteiger partial charge < -0.3 is 4.98 Å². The first kappa shape index (κ1) is 13.1. The van der Waals surface area contributed by atoms with Gasteiger partial charge in [0.25, 0.3) is 0 Å². The molecule has 6 nitrogen and oxygen atoms in total. The second-order valence-corrected chi connectivity index (χ2v) is 3.83. The molecule has 0 atom stereocenters. The fourth-order valence-corrected chi connectivity index (χ4v) is 0.970. The Hall–Kier alpha value is -1.93. The highest BCUT2D eigenvalue weighted by molar-refractivity contribution is 5.23. The monoisotopic (exact) mass is 251 g/mol. The van der Waals surface area contributed by atoms with Crippen molar-refractivity contribution in [1.29, 1.82) is 0 Å². The van der Waals surface area contributed by atoms with E-state index >= 15 is 0 Å². The lowest BCUT2D eigenvalue weighted by Gasteiger charge is -2.25. The summed E-state index contributed by atoms with van der Waals surface area (Å²) in [6.45, 7) is 1.63. The zero-order valence-corrected chi connectivity index (χ0v) is 8.83. The van der Waals surface area contributed by atoms with Crippen LogP contribution >= 0.6 is 0 Å². The van der Waals surface area contributed by atoms with Gasteiger partial charge in [0.1, 0.15) is 17.4 Å². The molecule has 0 aliphatic heterocycles. The highest BCUT2D eigenvalue weighted by atomic mass is 19.4. The average Bonchev–Trinajstić information content (AvgIpc) is 2.14. The molecule has 17 heavy (non-hydrogen) atoms. The van der Waals surface area contributed by atoms with Gasteiger partial charge >= 0.3 is 17.4 Å². The van der Waals surface area contributed by atoms with E-state index in [1.54, 1.807) is 4.98 Å². The molecule has 0 amide bonds. The predicted molar refractivity (Wildman–Crippen MR) is 50.6 cm³/mol. The number of aromatic nitrogens is 2. The van der Waals surface area contributed by atoms with Crippen LogP contribution < -0.4 is 5.56 Å². The van der Waals surface area contributed by atoms with Crippen LogP contribution in [0.5, 0.6) is 0 Å². The molecule has 1 aromatic heterocycles. The quantitative estimate of drug-likeness (QED) is 0.637. The zero-order chi connectivity index (χ0) is 13.4. The topological polar surface area (TPSA) is 88.9 Å². The maximum Gasteiger partial charge on any atom is 0.400 e. The molecule has 0 saturated heterocycles. The van der Waals surface area contributed by atoms with Gasteiger partial charge in [0.15, 0.2) is 0 Å². The number of aromatic amines is 1. The number of nitrogens with one attached hydrogen (secondary N) is 1. The van der Waals surface area contributed by atoms with Crippen LogP contribution in [0.25, 0.3) is 0 Å². The number of rotatable bonds is 2. The highest BCUT2D eigenvalue weighted by Crippen LogP contribution is 2.38. The molecule has 0 saturated carbocycles. The fraction of sp³-hybridized carbons (Fsp3) is 0.500. The zero-order valence-electron chi connectivity index (χ0n) is 8.83. The third-order valence-electron chi connectivity index (χ3n) is 2.28. The van der Waals surface area contributed by atoms with Crippen molar-refractivity contribution in [2.24, 2.45) is 0 Å². The summed E-state index contributed by atoms with van der Waals surface area (Å²) in [5.41, 5.74) is -4.49. The Kier molecular flexibility index (Phi) is 2.96. The second kappa shape index (κ2) is 3.82. The van der Waals surface area contributed by atoms with Crippen molar-refractivity contribution in [3.63, 3.8) is 0 Å². The Labute approximate surface area is 92.6 Å². The average molecular weight is 251 g/mol. The molecule has 0 aromatic carbocycles. The molecule has 0 bridgehead atoms. The fourth-order valence-electron chi connectivity index (χ4n) is 0.970. The molecular weight excluding hydrogens is 243 g/mol. The van der Waals surface area contributed by atoms with Crippen molar-refractivity contribution in [3.05, 3.63) is 32.5 Å². The van der Waals surface area contributed by atoms with E-state index < -0.39 is 33.6 Å². The van der Waals surface area contributed by atoms with Crippen LogP contribution in [0.3, 0.4) is 0 Å². The van der Waals surface area contributed by atoms with Crippen LogP contribution in [0.4, 0.5) is 18.9 Å². The van der Waals surface area contributed by atoms with Crippen LogP contribution in [-0.4, -0.2) is 21.1 Å². The first-order valence-electron chi connectivity index (χ1n) is 4.38. The maximum absolute atomic E-state index is 12.6. The second-order valence-electron chi connectivity index (χ2n) is 3.83. The Morgan fingerprint density at radius 3 is 2.29 bits per heavy atom. The van der Waals surface area contributed by atoms with E-state index in [0.29, 0.717) is 6.20 Å². The van der Waals surface area contributed by atoms with Crippen molar-refractivity contribution >= 4 is 5.69 Å². The Bertz CT molecular complexity index is 507. The number of hydrogen-bond donors (Lipinski definition) is 1. The first-order chi connectivity index (χ1) is 7.57. The van der Waals surface area contributed by atoms with Crippen LogP contribution in [0.1, 0.15) is 19.7 Å². The molecule has 1 N–H and O–H groups in total. The van der Waals surface area contributed by atoms with E-state index in [4.69, 9.17) is 0 Å². The summed E-state index contributed by atoms with van der Waals surface area (Å²) in [5, 5.41) is 10.3. The number of nitro groups is 1. The van der Waals surface area contributed by atoms with Gasteiger partial charge in [0.2, 0.25) is 0 Å². The van der Waals surface area contributed by atoms with E-state index in [-0.39, 0.29) is 0 Å². The molecule has 1 aromatic rings. The van der Waals surface area contributed by atoms with E-state index in [1.165, 1.54) is 0 Å². The number of alkyl halides is 3. The molecule has 0 unspecified atom stereocenters. The van der Waals surface area contributed by atoms with Crippen molar-refractivity contribution in [1.82, 2.24) is 9.97 Å². The van der Waals surface area contributed by atoms with Crippen molar-refractivity contribution in [2.75, 3.05) is 0 Å². The van der Waals surface area contributed by atoms with Gasteiger partial charge in [0.05, 0.1) is 4.92 Å². The van der Waals surface area contributed by atoms with Crippen molar-refractivity contribution in [3.8, 4) is 0 Å². The Morgan fingerprint density at radius 1 is 1.41 bits per heavy atom. The van der Waals surface area contributed by atoms with Gasteiger partial charge in [-0.3, -0.25) is 14.9 Å². The SMILES string of the molecule is CC(C)(c1ncc([N+](=O)[O-])c(=O)[nH]1)C(F)(F)F. The standard InChI is InChI=1S/C8H8F3N3O3/c1-7(2,8(9,10)11)6-12-3-4(14(16)17)5(15)13-6/h3H,1-2H3,(H,12,13,15). The molecular formula is C8H8F3N3O3. The summed E-state index contributed by atoms with van der Waals surface area (Å²) < 4.78 is 37.8. The summed E-state index contributed by atoms with van der Waals surface area (Å²) in [6.07, 6.45) is -4.11. The molecule has 0 fully saturated rings. The van der Waals surface area contributed by atoms with Crippen LogP contribution in [-0.2, 0) is 5.41 Å². The lowest BCUT2D eigenvalue weighted by Crippen LogP contribution is -2.39. The van der Waals surface area contributed by atoms with Crippen LogP contribution in [0, 0.1) is 10.1 Å². The molecule has 9 heteroatoms. The number of halogens is 3. The van der Waals surface area contributed by atoms with E-state index in [9.17, 15) is 28.1 Å². The first-order valence-corrected chi connectivity index (χ1v) is 4.38. The van der Waals surface area contributed by atoms with Gasteiger partial charge in [-0.25, -0.2) is 4.98 Å². The van der Waals surface area contributed by atoms with Gasteiger partial charge in [-0.1, -0.05) is 0 Å². The molecule has 0 radical (unpaired) electrons.